The lowest BCUT2D eigenvalue weighted by molar-refractivity contribution is -0.132. The molecule has 0 spiro atoms. The third kappa shape index (κ3) is 3.53. The molecular formula is C21H20N2O2S. The van der Waals surface area contributed by atoms with Crippen LogP contribution in [0.5, 0.6) is 0 Å². The number of para-hydroxylation sites is 1. The molecule has 2 aliphatic heterocycles. The summed E-state index contributed by atoms with van der Waals surface area (Å²) in [6.07, 6.45) is 3.21. The second-order valence-electron chi connectivity index (χ2n) is 6.48. The van der Waals surface area contributed by atoms with Crippen LogP contribution in [0.3, 0.4) is 0 Å². The van der Waals surface area contributed by atoms with Crippen LogP contribution in [-0.4, -0.2) is 35.1 Å². The van der Waals surface area contributed by atoms with Crippen LogP contribution in [0.2, 0.25) is 0 Å². The van der Waals surface area contributed by atoms with E-state index in [2.05, 4.69) is 23.5 Å². The summed E-state index contributed by atoms with van der Waals surface area (Å²) in [6, 6.07) is 18.0. The van der Waals surface area contributed by atoms with E-state index in [1.165, 1.54) is 22.9 Å². The Balaban J connectivity index is 1.39. The van der Waals surface area contributed by atoms with E-state index in [1.807, 2.05) is 47.4 Å². The van der Waals surface area contributed by atoms with Crippen molar-refractivity contribution in [3.05, 3.63) is 66.2 Å². The molecule has 0 saturated heterocycles. The van der Waals surface area contributed by atoms with E-state index in [9.17, 15) is 9.59 Å². The number of thioether (sulfide) groups is 1. The molecule has 1 N–H and O–H groups in total. The molecule has 5 heteroatoms. The average molecular weight is 364 g/mol. The Kier molecular flexibility index (Phi) is 4.80. The molecular weight excluding hydrogens is 344 g/mol. The Hall–Kier alpha value is -2.53. The van der Waals surface area contributed by atoms with Crippen molar-refractivity contribution in [2.75, 3.05) is 18.4 Å². The normalized spacial score (nSPS) is 19.4. The van der Waals surface area contributed by atoms with Gasteiger partial charge in [0.05, 0.1) is 10.9 Å². The van der Waals surface area contributed by atoms with Crippen molar-refractivity contribution >= 4 is 34.8 Å². The Morgan fingerprint density at radius 2 is 1.88 bits per heavy atom. The van der Waals surface area contributed by atoms with Crippen LogP contribution in [0.4, 0.5) is 5.69 Å². The maximum absolute atomic E-state index is 12.7. The second kappa shape index (κ2) is 7.38. The van der Waals surface area contributed by atoms with Crippen LogP contribution in [-0.2, 0) is 9.59 Å². The van der Waals surface area contributed by atoms with Gasteiger partial charge >= 0.3 is 0 Å². The number of benzene rings is 2. The van der Waals surface area contributed by atoms with Crippen molar-refractivity contribution in [1.29, 1.82) is 0 Å². The number of nitrogens with one attached hydrogen (secondary N) is 1. The van der Waals surface area contributed by atoms with Crippen LogP contribution in [0.25, 0.3) is 5.57 Å². The molecule has 4 rings (SSSR count). The highest BCUT2D eigenvalue weighted by atomic mass is 32.2. The zero-order chi connectivity index (χ0) is 17.9. The lowest BCUT2D eigenvalue weighted by atomic mass is 9.99. The second-order valence-corrected chi connectivity index (χ2v) is 7.73. The smallest absolute Gasteiger partial charge is 0.238 e. The predicted octanol–water partition coefficient (Wildman–Crippen LogP) is 3.81. The zero-order valence-electron chi connectivity index (χ0n) is 14.4. The largest absolute Gasteiger partial charge is 0.339 e. The third-order valence-electron chi connectivity index (χ3n) is 4.77. The van der Waals surface area contributed by atoms with Crippen molar-refractivity contribution in [3.8, 4) is 0 Å². The zero-order valence-corrected chi connectivity index (χ0v) is 15.2. The van der Waals surface area contributed by atoms with Gasteiger partial charge in [0.1, 0.15) is 0 Å². The fraction of sp³-hybridized carbons (Fsp3) is 0.238. The van der Waals surface area contributed by atoms with Crippen molar-refractivity contribution in [2.45, 2.75) is 23.0 Å². The Morgan fingerprint density at radius 3 is 2.65 bits per heavy atom. The van der Waals surface area contributed by atoms with E-state index in [0.717, 1.165) is 17.0 Å². The topological polar surface area (TPSA) is 49.4 Å². The number of nitrogens with zero attached hydrogens (tertiary/aromatic N) is 1. The summed E-state index contributed by atoms with van der Waals surface area (Å²) < 4.78 is 0. The van der Waals surface area contributed by atoms with Crippen LogP contribution >= 0.6 is 11.8 Å². The van der Waals surface area contributed by atoms with E-state index in [-0.39, 0.29) is 23.5 Å². The Labute approximate surface area is 157 Å². The van der Waals surface area contributed by atoms with E-state index >= 15 is 0 Å². The van der Waals surface area contributed by atoms with Crippen LogP contribution in [0.15, 0.2) is 65.6 Å². The molecule has 4 nitrogen and oxygen atoms in total. The van der Waals surface area contributed by atoms with Crippen LogP contribution in [0.1, 0.15) is 18.4 Å². The highest BCUT2D eigenvalue weighted by Gasteiger charge is 2.30. The van der Waals surface area contributed by atoms with Gasteiger partial charge in [-0.15, -0.1) is 11.8 Å². The first-order valence-corrected chi connectivity index (χ1v) is 9.67. The van der Waals surface area contributed by atoms with Gasteiger partial charge in [-0.3, -0.25) is 9.59 Å². The minimum absolute atomic E-state index is 0.0420. The lowest BCUT2D eigenvalue weighted by Gasteiger charge is -2.29. The molecule has 2 amide bonds. The maximum Gasteiger partial charge on any atom is 0.238 e. The fourth-order valence-corrected chi connectivity index (χ4v) is 4.43. The van der Waals surface area contributed by atoms with E-state index in [4.69, 9.17) is 0 Å². The fourth-order valence-electron chi connectivity index (χ4n) is 3.32. The monoisotopic (exact) mass is 364 g/mol. The van der Waals surface area contributed by atoms with Crippen LogP contribution < -0.4 is 5.32 Å². The first-order chi connectivity index (χ1) is 12.7. The van der Waals surface area contributed by atoms with Gasteiger partial charge in [-0.25, -0.2) is 0 Å². The first-order valence-electron chi connectivity index (χ1n) is 8.79. The minimum Gasteiger partial charge on any atom is -0.339 e. The molecule has 2 aromatic rings. The molecule has 132 valence electrons. The number of carbonyl (C=O) groups excluding carboxylic acids is 2. The molecule has 26 heavy (non-hydrogen) atoms. The summed E-state index contributed by atoms with van der Waals surface area (Å²) in [7, 11) is 0. The highest BCUT2D eigenvalue weighted by molar-refractivity contribution is 8.01. The Morgan fingerprint density at radius 1 is 1.12 bits per heavy atom. The summed E-state index contributed by atoms with van der Waals surface area (Å²) in [5.74, 6) is -0.0417. The van der Waals surface area contributed by atoms with Gasteiger partial charge in [0.2, 0.25) is 11.8 Å². The molecule has 2 heterocycles. The molecule has 1 atom stereocenters. The average Bonchev–Trinajstić information content (AvgIpc) is 2.69. The van der Waals surface area contributed by atoms with Crippen molar-refractivity contribution in [1.82, 2.24) is 4.90 Å². The van der Waals surface area contributed by atoms with Crippen molar-refractivity contribution in [2.24, 2.45) is 0 Å². The molecule has 0 fully saturated rings. The van der Waals surface area contributed by atoms with Gasteiger partial charge in [-0.2, -0.15) is 0 Å². The summed E-state index contributed by atoms with van der Waals surface area (Å²) in [4.78, 5) is 27.8. The number of carbonyl (C=O) groups is 2. The number of rotatable bonds is 3. The number of hydrogen-bond acceptors (Lipinski definition) is 3. The Bertz CT molecular complexity index is 863. The van der Waals surface area contributed by atoms with Gasteiger partial charge in [-0.05, 0) is 29.7 Å². The summed E-state index contributed by atoms with van der Waals surface area (Å²) in [6.45, 7) is 1.31. The number of anilines is 1. The van der Waals surface area contributed by atoms with Gasteiger partial charge < -0.3 is 10.2 Å². The predicted molar refractivity (Wildman–Crippen MR) is 105 cm³/mol. The van der Waals surface area contributed by atoms with Crippen molar-refractivity contribution < 1.29 is 9.59 Å². The molecule has 0 aromatic heterocycles. The molecule has 0 aliphatic carbocycles. The summed E-state index contributed by atoms with van der Waals surface area (Å²) in [5, 5.41) is 2.54. The van der Waals surface area contributed by atoms with E-state index in [0.29, 0.717) is 13.1 Å². The quantitative estimate of drug-likeness (QED) is 0.901. The van der Waals surface area contributed by atoms with Gasteiger partial charge in [0.15, 0.2) is 0 Å². The molecule has 0 radical (unpaired) electrons. The third-order valence-corrected chi connectivity index (χ3v) is 6.05. The molecule has 0 saturated carbocycles. The minimum atomic E-state index is -0.364. The highest BCUT2D eigenvalue weighted by Crippen LogP contribution is 2.37. The van der Waals surface area contributed by atoms with Crippen molar-refractivity contribution in [3.63, 3.8) is 0 Å². The number of hydrogen-bond donors (Lipinski definition) is 1. The van der Waals surface area contributed by atoms with E-state index < -0.39 is 0 Å². The molecule has 2 aromatic carbocycles. The van der Waals surface area contributed by atoms with Gasteiger partial charge in [0, 0.05) is 24.4 Å². The maximum atomic E-state index is 12.7. The first kappa shape index (κ1) is 16.9. The molecule has 2 aliphatic rings. The lowest BCUT2D eigenvalue weighted by Crippen LogP contribution is -2.39. The number of fused-ring (bicyclic) bond motifs is 1. The SMILES string of the molecule is O=C1Nc2ccccc2SC1CC(=O)N1CC=C(c2ccccc2)CC1. The summed E-state index contributed by atoms with van der Waals surface area (Å²) >= 11 is 1.48. The van der Waals surface area contributed by atoms with Gasteiger partial charge in [-0.1, -0.05) is 48.5 Å². The summed E-state index contributed by atoms with van der Waals surface area (Å²) in [5.41, 5.74) is 3.34. The van der Waals surface area contributed by atoms with E-state index in [1.54, 1.807) is 0 Å². The molecule has 0 bridgehead atoms. The van der Waals surface area contributed by atoms with Crippen LogP contribution in [0, 0.1) is 0 Å². The van der Waals surface area contributed by atoms with Gasteiger partial charge in [0.25, 0.3) is 0 Å². The standard InChI is InChI=1S/C21H20N2O2S/c24-20(14-19-21(25)22-17-8-4-5-9-18(17)26-19)23-12-10-16(11-13-23)15-6-2-1-3-7-15/h1-10,19H,11-14H2,(H,22,25). The number of amides is 2. The molecule has 1 unspecified atom stereocenters.